The summed E-state index contributed by atoms with van der Waals surface area (Å²) in [6, 6.07) is 21.6. The lowest BCUT2D eigenvalue weighted by atomic mass is 9.23. The number of hydrogen-bond acceptors (Lipinski definition) is 1. The summed E-state index contributed by atoms with van der Waals surface area (Å²) in [6.07, 6.45) is 0. The SMILES string of the molecule is [B]c1c([B])c([B])c2c(-n3c(C([B])([B])C([B])([B])[B])nc4ccccc43)c3c([B])c([B])c([B])c([B])c3c(-c3ccc4c(c3)C(C)(C)c3ccccc3-4)c2c1[B]. The standard InChI is InChI=1S/C38H17B13N2/c1-36(2)17-8-4-3-7-15(17)16-12-11-14(13-18(16)36)21-22-24(28(41)32(45)30(43)26(22)39)34(25-23(21)27(40)31(44)33(46)29(25)42)53-20-10-6-5-9-19(20)52-35(53)37(47,48)38(49,50)51/h3-13H,1-2H3. The number of benzene rings is 6. The topological polar surface area (TPSA) is 17.8 Å². The van der Waals surface area contributed by atoms with E-state index < -0.39 is 10.3 Å². The summed E-state index contributed by atoms with van der Waals surface area (Å²) in [5.41, 5.74) is 7.28. The van der Waals surface area contributed by atoms with Crippen LogP contribution in [-0.2, 0) is 10.6 Å². The van der Waals surface area contributed by atoms with Crippen molar-refractivity contribution in [3.05, 3.63) is 83.7 Å². The van der Waals surface area contributed by atoms with Crippen molar-refractivity contribution in [2.24, 2.45) is 0 Å². The Kier molecular flexibility index (Phi) is 8.07. The molecule has 1 aliphatic carbocycles. The third-order valence-corrected chi connectivity index (χ3v) is 11.0. The van der Waals surface area contributed by atoms with Crippen molar-refractivity contribution in [3.63, 3.8) is 0 Å². The second kappa shape index (κ2) is 11.8. The third kappa shape index (κ3) is 4.80. The van der Waals surface area contributed by atoms with Gasteiger partial charge in [-0.25, -0.2) is 4.98 Å². The zero-order chi connectivity index (χ0) is 38.3. The molecule has 0 atom stereocenters. The summed E-state index contributed by atoms with van der Waals surface area (Å²) in [5, 5.41) is -2.89. The molecule has 26 radical (unpaired) electrons. The van der Waals surface area contributed by atoms with Gasteiger partial charge in [0.15, 0.2) is 0 Å². The Morgan fingerprint density at radius 1 is 0.547 bits per heavy atom. The maximum Gasteiger partial charge on any atom is 0.113 e. The van der Waals surface area contributed by atoms with Gasteiger partial charge in [-0.2, -0.15) is 0 Å². The molecule has 0 unspecified atom stereocenters. The Morgan fingerprint density at radius 3 is 1.60 bits per heavy atom. The van der Waals surface area contributed by atoms with Crippen LogP contribution in [0.2, 0.25) is 5.11 Å². The Labute approximate surface area is 327 Å². The van der Waals surface area contributed by atoms with Gasteiger partial charge in [0.2, 0.25) is 0 Å². The average molecular weight is 642 g/mol. The first-order valence-electron chi connectivity index (χ1n) is 16.8. The number of aromatic nitrogens is 2. The van der Waals surface area contributed by atoms with Gasteiger partial charge in [0.25, 0.3) is 0 Å². The van der Waals surface area contributed by atoms with E-state index >= 15 is 0 Å². The molecule has 0 bridgehead atoms. The number of fused-ring (bicyclic) bond motifs is 6. The zero-order valence-electron chi connectivity index (χ0n) is 29.3. The van der Waals surface area contributed by atoms with Crippen LogP contribution in [0.3, 0.4) is 0 Å². The lowest BCUT2D eigenvalue weighted by Gasteiger charge is -2.42. The number of nitrogens with zero attached hydrogens (tertiary/aromatic N) is 2. The molecule has 8 rings (SSSR count). The quantitative estimate of drug-likeness (QED) is 0.157. The molecular weight excluding hydrogens is 625 g/mol. The lowest BCUT2D eigenvalue weighted by molar-refractivity contribution is 0.660. The molecule has 0 fully saturated rings. The average Bonchev–Trinajstić information content (AvgIpc) is 3.62. The van der Waals surface area contributed by atoms with Crippen LogP contribution in [0.5, 0.6) is 0 Å². The molecule has 1 aliphatic rings. The highest BCUT2D eigenvalue weighted by Crippen LogP contribution is 2.50. The summed E-state index contributed by atoms with van der Waals surface area (Å²) in [4.78, 5) is 4.80. The van der Waals surface area contributed by atoms with E-state index in [-0.39, 0.29) is 60.6 Å². The van der Waals surface area contributed by atoms with Crippen LogP contribution in [0, 0.1) is 0 Å². The van der Waals surface area contributed by atoms with Gasteiger partial charge in [0, 0.05) is 5.41 Å². The zero-order valence-corrected chi connectivity index (χ0v) is 29.3. The fourth-order valence-corrected chi connectivity index (χ4v) is 8.01. The lowest BCUT2D eigenvalue weighted by Crippen LogP contribution is -2.50. The van der Waals surface area contributed by atoms with Gasteiger partial charge >= 0.3 is 0 Å². The van der Waals surface area contributed by atoms with E-state index in [9.17, 15) is 0 Å². The number of para-hydroxylation sites is 2. The van der Waals surface area contributed by atoms with Crippen molar-refractivity contribution < 1.29 is 0 Å². The molecule has 0 spiro atoms. The molecule has 53 heavy (non-hydrogen) atoms. The van der Waals surface area contributed by atoms with Crippen molar-refractivity contribution >= 4 is 178 Å². The molecule has 0 N–H and O–H groups in total. The largest absolute Gasteiger partial charge is 0.296 e. The van der Waals surface area contributed by atoms with E-state index in [0.717, 1.165) is 22.3 Å². The summed E-state index contributed by atoms with van der Waals surface area (Å²) in [7, 11) is 86.6. The monoisotopic (exact) mass is 644 g/mol. The number of imidazole rings is 1. The molecule has 0 amide bonds. The van der Waals surface area contributed by atoms with Crippen LogP contribution >= 0.6 is 0 Å². The van der Waals surface area contributed by atoms with Gasteiger partial charge < -0.3 is 0 Å². The molecule has 15 heteroatoms. The van der Waals surface area contributed by atoms with E-state index in [2.05, 4.69) is 38.1 Å². The molecule has 0 aliphatic heterocycles. The van der Waals surface area contributed by atoms with E-state index in [0.29, 0.717) is 38.1 Å². The molecule has 7 aromatic rings. The van der Waals surface area contributed by atoms with Crippen LogP contribution in [0.25, 0.3) is 60.5 Å². The Balaban J connectivity index is 1.66. The molecule has 218 valence electrons. The first-order valence-corrected chi connectivity index (χ1v) is 16.8. The van der Waals surface area contributed by atoms with Gasteiger partial charge in [-0.15, -0.1) is 27.0 Å². The van der Waals surface area contributed by atoms with Gasteiger partial charge in [-0.1, -0.05) is 89.4 Å². The first kappa shape index (κ1) is 36.1. The van der Waals surface area contributed by atoms with Crippen molar-refractivity contribution in [1.82, 2.24) is 9.55 Å². The minimum Gasteiger partial charge on any atom is -0.296 e. The summed E-state index contributed by atoms with van der Waals surface area (Å²) in [6.45, 7) is 4.36. The van der Waals surface area contributed by atoms with Gasteiger partial charge in [0.1, 0.15) is 68.6 Å². The van der Waals surface area contributed by atoms with Crippen LogP contribution in [0.4, 0.5) is 0 Å². The van der Waals surface area contributed by atoms with E-state index in [1.807, 2.05) is 18.2 Å². The minimum atomic E-state index is -2.19. The third-order valence-electron chi connectivity index (χ3n) is 11.0. The normalized spacial score (nSPS) is 13.8. The van der Waals surface area contributed by atoms with Gasteiger partial charge in [-0.05, 0) is 73.1 Å². The molecule has 0 saturated carbocycles. The molecule has 6 aromatic carbocycles. The molecule has 1 heterocycles. The van der Waals surface area contributed by atoms with Crippen LogP contribution < -0.4 is 43.7 Å². The van der Waals surface area contributed by atoms with E-state index in [1.54, 1.807) is 28.8 Å². The maximum absolute atomic E-state index is 7.01. The maximum atomic E-state index is 7.01. The van der Waals surface area contributed by atoms with Crippen LogP contribution in [0.15, 0.2) is 66.7 Å². The molecule has 0 saturated heterocycles. The van der Waals surface area contributed by atoms with E-state index in [1.165, 1.54) is 5.56 Å². The Hall–Kier alpha value is -3.85. The summed E-state index contributed by atoms with van der Waals surface area (Å²) >= 11 is 0. The Bertz CT molecular complexity index is 2680. The molecular formula is C38H17B13N2. The second-order valence-electron chi connectivity index (χ2n) is 14.5. The number of hydrogen-bond donors (Lipinski definition) is 0. The van der Waals surface area contributed by atoms with Crippen molar-refractivity contribution in [1.29, 1.82) is 0 Å². The smallest absolute Gasteiger partial charge is 0.113 e. The van der Waals surface area contributed by atoms with Crippen molar-refractivity contribution in [2.75, 3.05) is 0 Å². The minimum absolute atomic E-state index is 0.0330. The van der Waals surface area contributed by atoms with Crippen LogP contribution in [-0.4, -0.2) is 112 Å². The fourth-order valence-electron chi connectivity index (χ4n) is 8.01. The predicted molar refractivity (Wildman–Crippen MR) is 235 cm³/mol. The van der Waals surface area contributed by atoms with Crippen molar-refractivity contribution in [2.45, 2.75) is 29.6 Å². The second-order valence-corrected chi connectivity index (χ2v) is 14.5. The predicted octanol–water partition coefficient (Wildman–Crippen LogP) is -2.28. The molecule has 1 aromatic heterocycles. The Morgan fingerprint density at radius 2 is 1.04 bits per heavy atom. The molecule has 2 nitrogen and oxygen atoms in total. The van der Waals surface area contributed by atoms with Crippen LogP contribution in [0.1, 0.15) is 30.8 Å². The summed E-state index contributed by atoms with van der Waals surface area (Å²) in [5.74, 6) is -0.0414. The van der Waals surface area contributed by atoms with Crippen molar-refractivity contribution in [3.8, 4) is 27.9 Å². The first-order chi connectivity index (χ1) is 24.8. The van der Waals surface area contributed by atoms with E-state index in [4.69, 9.17) is 107 Å². The highest BCUT2D eigenvalue weighted by Gasteiger charge is 2.39. The van der Waals surface area contributed by atoms with Gasteiger partial charge in [-0.3, -0.25) is 4.57 Å². The summed E-state index contributed by atoms with van der Waals surface area (Å²) < 4.78 is 1.63. The van der Waals surface area contributed by atoms with Gasteiger partial charge in [0.05, 0.1) is 56.0 Å². The fraction of sp³-hybridized carbons (Fsp3) is 0.132. The highest BCUT2D eigenvalue weighted by molar-refractivity contribution is 6.71. The highest BCUT2D eigenvalue weighted by atomic mass is 15.1. The number of rotatable bonds is 4.